The molecule has 0 saturated heterocycles. The molecule has 0 bridgehead atoms. The monoisotopic (exact) mass is 492 g/mol. The fourth-order valence-corrected chi connectivity index (χ4v) is 5.65. The lowest BCUT2D eigenvalue weighted by Gasteiger charge is -2.39. The van der Waals surface area contributed by atoms with E-state index in [4.69, 9.17) is 0 Å². The van der Waals surface area contributed by atoms with E-state index < -0.39 is 7.60 Å². The highest BCUT2D eigenvalue weighted by Gasteiger charge is 2.32. The number of nitrogens with one attached hydrogen (secondary N) is 1. The van der Waals surface area contributed by atoms with Crippen molar-refractivity contribution in [3.05, 3.63) is 71.4 Å². The molecule has 0 saturated carbocycles. The van der Waals surface area contributed by atoms with Crippen LogP contribution in [0.3, 0.4) is 0 Å². The Labute approximate surface area is 203 Å². The minimum absolute atomic E-state index is 0.0388. The first-order valence-electron chi connectivity index (χ1n) is 11.8. The zero-order valence-corrected chi connectivity index (χ0v) is 20.6. The average Bonchev–Trinajstić information content (AvgIpc) is 3.20. The smallest absolute Gasteiger partial charge is 0.356 e. The van der Waals surface area contributed by atoms with Crippen LogP contribution in [0.5, 0.6) is 5.75 Å². The van der Waals surface area contributed by atoms with Gasteiger partial charge in [-0.2, -0.15) is 0 Å². The molecule has 0 aliphatic carbocycles. The van der Waals surface area contributed by atoms with Crippen molar-refractivity contribution >= 4 is 23.9 Å². The van der Waals surface area contributed by atoms with Gasteiger partial charge < -0.3 is 19.9 Å². The van der Waals surface area contributed by atoms with Gasteiger partial charge in [-0.25, -0.2) is 0 Å². The molecule has 8 nitrogen and oxygen atoms in total. The van der Waals surface area contributed by atoms with Gasteiger partial charge >= 0.3 is 7.60 Å². The fourth-order valence-electron chi connectivity index (χ4n) is 5.11. The van der Waals surface area contributed by atoms with Crippen molar-refractivity contribution in [1.29, 1.82) is 0 Å². The Morgan fingerprint density at radius 2 is 1.86 bits per heavy atom. The van der Waals surface area contributed by atoms with Crippen molar-refractivity contribution in [3.63, 3.8) is 0 Å². The lowest BCUT2D eigenvalue weighted by molar-refractivity contribution is 0.135. The van der Waals surface area contributed by atoms with Gasteiger partial charge in [0.2, 0.25) is 0 Å². The normalized spacial score (nSPS) is 16.7. The molecule has 5 rings (SSSR count). The average molecular weight is 493 g/mol. The SMILES string of the molecule is CC(C)N1CCc2[nH]c3nnc(-c4ccccc4O)cc3c2[C@H]1CCc1ccc(P(=O)(O)O)cc1. The molecule has 4 N–H and O–H groups in total. The van der Waals surface area contributed by atoms with Crippen LogP contribution in [-0.4, -0.2) is 47.6 Å². The van der Waals surface area contributed by atoms with Crippen LogP contribution >= 0.6 is 7.60 Å². The number of fused-ring (bicyclic) bond motifs is 3. The molecule has 182 valence electrons. The quantitative estimate of drug-likeness (QED) is 0.299. The number of phenolic OH excluding ortho intramolecular Hbond substituents is 1. The summed E-state index contributed by atoms with van der Waals surface area (Å²) < 4.78 is 11.5. The first kappa shape index (κ1) is 23.7. The third kappa shape index (κ3) is 4.62. The number of aromatic nitrogens is 3. The lowest BCUT2D eigenvalue weighted by atomic mass is 9.90. The molecular weight excluding hydrogens is 463 g/mol. The molecule has 0 radical (unpaired) electrons. The van der Waals surface area contributed by atoms with Crippen LogP contribution in [0.2, 0.25) is 0 Å². The number of rotatable bonds is 6. The van der Waals surface area contributed by atoms with Crippen LogP contribution < -0.4 is 5.30 Å². The van der Waals surface area contributed by atoms with Crippen LogP contribution in [0.4, 0.5) is 0 Å². The number of nitrogens with zero attached hydrogens (tertiary/aromatic N) is 3. The molecule has 35 heavy (non-hydrogen) atoms. The van der Waals surface area contributed by atoms with Crippen molar-refractivity contribution in [3.8, 4) is 17.0 Å². The maximum atomic E-state index is 11.5. The van der Waals surface area contributed by atoms with E-state index in [1.165, 1.54) is 23.4 Å². The van der Waals surface area contributed by atoms with E-state index in [9.17, 15) is 19.5 Å². The van der Waals surface area contributed by atoms with Crippen molar-refractivity contribution in [2.45, 2.75) is 45.2 Å². The molecule has 9 heteroatoms. The van der Waals surface area contributed by atoms with Gasteiger partial charge in [-0.15, -0.1) is 10.2 Å². The number of hydrogen-bond acceptors (Lipinski definition) is 5. The van der Waals surface area contributed by atoms with Crippen LogP contribution in [0.25, 0.3) is 22.3 Å². The number of H-pyrrole nitrogens is 1. The first-order valence-corrected chi connectivity index (χ1v) is 13.4. The lowest BCUT2D eigenvalue weighted by Crippen LogP contribution is -2.40. The molecule has 2 aromatic heterocycles. The van der Waals surface area contributed by atoms with E-state index in [1.807, 2.05) is 18.2 Å². The predicted octanol–water partition coefficient (Wildman–Crippen LogP) is 4.07. The number of aromatic hydroxyl groups is 1. The van der Waals surface area contributed by atoms with Gasteiger partial charge in [0.1, 0.15) is 5.75 Å². The number of aryl methyl sites for hydroxylation is 1. The van der Waals surface area contributed by atoms with Gasteiger partial charge in [0, 0.05) is 41.7 Å². The highest BCUT2D eigenvalue weighted by Crippen LogP contribution is 2.40. The summed E-state index contributed by atoms with van der Waals surface area (Å²) in [5, 5.41) is 20.2. The van der Waals surface area contributed by atoms with E-state index in [-0.39, 0.29) is 17.1 Å². The summed E-state index contributed by atoms with van der Waals surface area (Å²) in [4.78, 5) is 24.8. The number of para-hydroxylation sites is 1. The Kier molecular flexibility index (Phi) is 6.23. The summed E-state index contributed by atoms with van der Waals surface area (Å²) >= 11 is 0. The second kappa shape index (κ2) is 9.21. The summed E-state index contributed by atoms with van der Waals surface area (Å²) in [6, 6.07) is 16.3. The van der Waals surface area contributed by atoms with Crippen LogP contribution in [0, 0.1) is 0 Å². The Hall–Kier alpha value is -3.03. The van der Waals surface area contributed by atoms with E-state index in [0.717, 1.165) is 42.4 Å². The van der Waals surface area contributed by atoms with Crippen LogP contribution in [-0.2, 0) is 17.4 Å². The van der Waals surface area contributed by atoms with Gasteiger partial charge in [-0.3, -0.25) is 9.46 Å². The standard InChI is InChI=1S/C26H29N4O4P/c1-16(2)30-14-13-21-25(23(30)12-9-17-7-10-18(11-8-17)35(32,33)34)20-15-22(28-29-26(20)27-21)19-5-3-4-6-24(19)31/h3-8,10-11,15-16,23,31H,9,12-14H2,1-2H3,(H,27,29)(H2,32,33,34)/t23-/m1/s1. The molecule has 0 amide bonds. The molecule has 1 aliphatic rings. The zero-order valence-electron chi connectivity index (χ0n) is 19.7. The molecule has 1 atom stereocenters. The van der Waals surface area contributed by atoms with Crippen LogP contribution in [0.1, 0.15) is 43.1 Å². The molecule has 0 unspecified atom stereocenters. The summed E-state index contributed by atoms with van der Waals surface area (Å²) in [5.74, 6) is 0.171. The van der Waals surface area contributed by atoms with Gasteiger partial charge in [0.25, 0.3) is 0 Å². The number of aromatic amines is 1. The van der Waals surface area contributed by atoms with Gasteiger partial charge in [-0.1, -0.05) is 24.3 Å². The molecule has 3 heterocycles. The summed E-state index contributed by atoms with van der Waals surface area (Å²) in [6.07, 6.45) is 2.51. The molecule has 0 fully saturated rings. The Morgan fingerprint density at radius 3 is 2.54 bits per heavy atom. The Bertz CT molecular complexity index is 1410. The van der Waals surface area contributed by atoms with Crippen LogP contribution in [0.15, 0.2) is 54.6 Å². The number of phenols is 1. The van der Waals surface area contributed by atoms with Gasteiger partial charge in [-0.05, 0) is 68.1 Å². The second-order valence-electron chi connectivity index (χ2n) is 9.37. The van der Waals surface area contributed by atoms with Crippen molar-refractivity contribution in [2.24, 2.45) is 0 Å². The maximum Gasteiger partial charge on any atom is 0.356 e. The first-order chi connectivity index (χ1) is 16.7. The molecule has 1 aliphatic heterocycles. The summed E-state index contributed by atoms with van der Waals surface area (Å²) in [6.45, 7) is 5.34. The Balaban J connectivity index is 1.52. The molecular formula is C26H29N4O4P. The van der Waals surface area contributed by atoms with Gasteiger partial charge in [0.05, 0.1) is 11.0 Å². The van der Waals surface area contributed by atoms with Crippen molar-refractivity contribution in [1.82, 2.24) is 20.1 Å². The third-order valence-corrected chi connectivity index (χ3v) is 7.83. The predicted molar refractivity (Wildman–Crippen MR) is 136 cm³/mol. The van der Waals surface area contributed by atoms with E-state index in [0.29, 0.717) is 17.3 Å². The fraction of sp³-hybridized carbons (Fsp3) is 0.308. The summed E-state index contributed by atoms with van der Waals surface area (Å²) in [5.41, 5.74) is 5.45. The highest BCUT2D eigenvalue weighted by atomic mass is 31.2. The maximum absolute atomic E-state index is 11.5. The van der Waals surface area contributed by atoms with E-state index >= 15 is 0 Å². The van der Waals surface area contributed by atoms with Crippen molar-refractivity contribution in [2.75, 3.05) is 6.54 Å². The largest absolute Gasteiger partial charge is 0.507 e. The van der Waals surface area contributed by atoms with E-state index in [2.05, 4.69) is 33.9 Å². The molecule has 4 aromatic rings. The van der Waals surface area contributed by atoms with E-state index in [1.54, 1.807) is 24.3 Å². The number of hydrogen-bond donors (Lipinski definition) is 4. The highest BCUT2D eigenvalue weighted by molar-refractivity contribution is 7.60. The van der Waals surface area contributed by atoms with Gasteiger partial charge in [0.15, 0.2) is 5.65 Å². The third-order valence-electron chi connectivity index (χ3n) is 6.85. The minimum Gasteiger partial charge on any atom is -0.507 e. The van der Waals surface area contributed by atoms with Crippen molar-refractivity contribution < 1.29 is 19.5 Å². The minimum atomic E-state index is -4.25. The number of benzene rings is 2. The second-order valence-corrected chi connectivity index (χ2v) is 11.0. The summed E-state index contributed by atoms with van der Waals surface area (Å²) in [7, 11) is -4.25. The molecule has 2 aromatic carbocycles. The zero-order chi connectivity index (χ0) is 24.7. The molecule has 0 spiro atoms. The Morgan fingerprint density at radius 1 is 1.11 bits per heavy atom. The topological polar surface area (TPSA) is 123 Å².